The topological polar surface area (TPSA) is 34.1 Å². The summed E-state index contributed by atoms with van der Waals surface area (Å²) in [6, 6.07) is 9.78. The van der Waals surface area contributed by atoms with Crippen LogP contribution in [-0.2, 0) is 4.79 Å². The van der Waals surface area contributed by atoms with Crippen LogP contribution in [-0.4, -0.2) is 11.6 Å². The van der Waals surface area contributed by atoms with Gasteiger partial charge in [0, 0.05) is 18.4 Å². The minimum atomic E-state index is 0.177. The second-order valence-electron chi connectivity index (χ2n) is 10.2. The molecule has 0 heterocycles. The Morgan fingerprint density at radius 1 is 0.929 bits per heavy atom. The Labute approximate surface area is 168 Å². The first kappa shape index (κ1) is 18.3. The van der Waals surface area contributed by atoms with E-state index in [1.54, 1.807) is 0 Å². The Hall–Kier alpha value is -1.70. The molecular weight excluding hydrogens is 344 g/mol. The van der Waals surface area contributed by atoms with Crippen LogP contribution in [0.3, 0.4) is 0 Å². The van der Waals surface area contributed by atoms with Crippen molar-refractivity contribution >= 4 is 11.6 Å². The zero-order chi connectivity index (χ0) is 19.3. The summed E-state index contributed by atoms with van der Waals surface area (Å²) in [7, 11) is 0. The smallest absolute Gasteiger partial charge is 0.188 e. The largest absolute Gasteiger partial charge is 0.300 e. The van der Waals surface area contributed by atoms with Gasteiger partial charge in [-0.05, 0) is 85.5 Å². The molecule has 0 radical (unpaired) electrons. The predicted molar refractivity (Wildman–Crippen MR) is 111 cm³/mol. The van der Waals surface area contributed by atoms with Gasteiger partial charge in [-0.2, -0.15) is 0 Å². The van der Waals surface area contributed by atoms with E-state index < -0.39 is 0 Å². The first-order valence-electron chi connectivity index (χ1n) is 11.4. The van der Waals surface area contributed by atoms with E-state index in [-0.39, 0.29) is 11.2 Å². The number of rotatable bonds is 2. The summed E-state index contributed by atoms with van der Waals surface area (Å²) in [6.07, 6.45) is 12.3. The lowest BCUT2D eigenvalue weighted by Gasteiger charge is -2.57. The number of hydrogen-bond donors (Lipinski definition) is 0. The van der Waals surface area contributed by atoms with Crippen molar-refractivity contribution in [3.8, 4) is 0 Å². The average molecular weight is 377 g/mol. The van der Waals surface area contributed by atoms with Crippen LogP contribution in [0.4, 0.5) is 0 Å². The molecule has 3 saturated carbocycles. The number of fused-ring (bicyclic) bond motifs is 5. The molecule has 4 aliphatic rings. The molecule has 0 amide bonds. The molecule has 3 fully saturated rings. The van der Waals surface area contributed by atoms with Crippen LogP contribution in [0, 0.1) is 35.0 Å². The standard InChI is InChI=1S/C26H32O2/c1-26-14-13-22-21-11-9-20(27)15-18(21)7-10-23(22)24(26)12-8-19(16-26)25(28)17-5-3-2-4-6-17/h2-6,16,18,21-24H,7-15H2,1H3/t18-,21+,22-,23-,24+,26-/m1/s1. The van der Waals surface area contributed by atoms with Crippen LogP contribution < -0.4 is 0 Å². The van der Waals surface area contributed by atoms with Crippen LogP contribution in [0.1, 0.15) is 75.1 Å². The van der Waals surface area contributed by atoms with E-state index in [9.17, 15) is 9.59 Å². The summed E-state index contributed by atoms with van der Waals surface area (Å²) in [5.41, 5.74) is 2.05. The fourth-order valence-corrected chi connectivity index (χ4v) is 7.47. The van der Waals surface area contributed by atoms with Crippen molar-refractivity contribution < 1.29 is 9.59 Å². The van der Waals surface area contributed by atoms with Gasteiger partial charge in [-0.1, -0.05) is 43.3 Å². The summed E-state index contributed by atoms with van der Waals surface area (Å²) < 4.78 is 0. The van der Waals surface area contributed by atoms with Crippen molar-refractivity contribution in [1.82, 2.24) is 0 Å². The van der Waals surface area contributed by atoms with Crippen LogP contribution >= 0.6 is 0 Å². The number of allylic oxidation sites excluding steroid dienone is 2. The van der Waals surface area contributed by atoms with E-state index in [1.807, 2.05) is 30.3 Å². The zero-order valence-electron chi connectivity index (χ0n) is 17.0. The van der Waals surface area contributed by atoms with Gasteiger partial charge in [-0.25, -0.2) is 0 Å². The summed E-state index contributed by atoms with van der Waals surface area (Å²) in [5.74, 6) is 4.54. The number of benzene rings is 1. The van der Waals surface area contributed by atoms with Gasteiger partial charge in [-0.3, -0.25) is 9.59 Å². The molecule has 148 valence electrons. The SMILES string of the molecule is C[C@@]12C=C(C(=O)c3ccccc3)CC[C@H]1[C@@H]1CC[C@@H]3CC(=O)CC[C@@H]3[C@H]1CC2. The number of carbonyl (C=O) groups is 2. The van der Waals surface area contributed by atoms with Crippen LogP contribution in [0.25, 0.3) is 0 Å². The van der Waals surface area contributed by atoms with Crippen molar-refractivity contribution in [1.29, 1.82) is 0 Å². The highest BCUT2D eigenvalue weighted by Crippen LogP contribution is 2.60. The molecule has 0 saturated heterocycles. The van der Waals surface area contributed by atoms with E-state index in [4.69, 9.17) is 0 Å². The van der Waals surface area contributed by atoms with Crippen LogP contribution in [0.15, 0.2) is 42.0 Å². The summed E-state index contributed by atoms with van der Waals surface area (Å²) in [6.45, 7) is 2.42. The van der Waals surface area contributed by atoms with Gasteiger partial charge in [0.25, 0.3) is 0 Å². The minimum absolute atomic E-state index is 0.177. The fourth-order valence-electron chi connectivity index (χ4n) is 7.47. The van der Waals surface area contributed by atoms with Crippen molar-refractivity contribution in [2.24, 2.45) is 35.0 Å². The molecule has 28 heavy (non-hydrogen) atoms. The van der Waals surface area contributed by atoms with Crippen molar-refractivity contribution in [2.45, 2.75) is 64.7 Å². The quantitative estimate of drug-likeness (QED) is 0.592. The Bertz CT molecular complexity index is 807. The summed E-state index contributed by atoms with van der Waals surface area (Å²) in [4.78, 5) is 25.0. The second kappa shape index (κ2) is 6.97. The minimum Gasteiger partial charge on any atom is -0.300 e. The van der Waals surface area contributed by atoms with Crippen LogP contribution in [0.5, 0.6) is 0 Å². The first-order chi connectivity index (χ1) is 13.5. The highest BCUT2D eigenvalue weighted by Gasteiger charge is 2.52. The Balaban J connectivity index is 1.38. The maximum absolute atomic E-state index is 13.0. The van der Waals surface area contributed by atoms with Gasteiger partial charge < -0.3 is 0 Å². The zero-order valence-corrected chi connectivity index (χ0v) is 17.0. The molecule has 0 aliphatic heterocycles. The maximum atomic E-state index is 13.0. The molecule has 2 heteroatoms. The normalized spacial score (nSPS) is 40.0. The summed E-state index contributed by atoms with van der Waals surface area (Å²) >= 11 is 0. The lowest BCUT2D eigenvalue weighted by Crippen LogP contribution is -2.49. The third-order valence-corrected chi connectivity index (χ3v) is 8.76. The Morgan fingerprint density at radius 2 is 1.75 bits per heavy atom. The van der Waals surface area contributed by atoms with Gasteiger partial charge in [0.1, 0.15) is 5.78 Å². The van der Waals surface area contributed by atoms with Crippen LogP contribution in [0.2, 0.25) is 0 Å². The fraction of sp³-hybridized carbons (Fsp3) is 0.615. The summed E-state index contributed by atoms with van der Waals surface area (Å²) in [5, 5.41) is 0. The molecule has 2 nitrogen and oxygen atoms in total. The maximum Gasteiger partial charge on any atom is 0.188 e. The lowest BCUT2D eigenvalue weighted by molar-refractivity contribution is -0.127. The van der Waals surface area contributed by atoms with Gasteiger partial charge >= 0.3 is 0 Å². The number of hydrogen-bond acceptors (Lipinski definition) is 2. The molecule has 0 aromatic heterocycles. The second-order valence-corrected chi connectivity index (χ2v) is 10.2. The third-order valence-electron chi connectivity index (χ3n) is 8.76. The Morgan fingerprint density at radius 3 is 2.57 bits per heavy atom. The monoisotopic (exact) mass is 376 g/mol. The molecule has 0 bridgehead atoms. The molecule has 1 aromatic rings. The van der Waals surface area contributed by atoms with Gasteiger partial charge in [0.15, 0.2) is 5.78 Å². The van der Waals surface area contributed by atoms with E-state index >= 15 is 0 Å². The highest BCUT2D eigenvalue weighted by molar-refractivity contribution is 6.08. The molecule has 0 N–H and O–H groups in total. The lowest BCUT2D eigenvalue weighted by atomic mass is 9.48. The van der Waals surface area contributed by atoms with Gasteiger partial charge in [0.2, 0.25) is 0 Å². The molecule has 0 unspecified atom stereocenters. The van der Waals surface area contributed by atoms with E-state index in [1.165, 1.54) is 32.1 Å². The van der Waals surface area contributed by atoms with E-state index in [0.29, 0.717) is 11.7 Å². The molecule has 0 spiro atoms. The number of ketones is 2. The molecular formula is C26H32O2. The van der Waals surface area contributed by atoms with Crippen molar-refractivity contribution in [3.63, 3.8) is 0 Å². The van der Waals surface area contributed by atoms with E-state index in [2.05, 4.69) is 13.0 Å². The van der Waals surface area contributed by atoms with Crippen molar-refractivity contribution in [2.75, 3.05) is 0 Å². The molecule has 1 aromatic carbocycles. The van der Waals surface area contributed by atoms with Gasteiger partial charge in [-0.15, -0.1) is 0 Å². The van der Waals surface area contributed by atoms with Gasteiger partial charge in [0.05, 0.1) is 0 Å². The molecule has 6 atom stereocenters. The van der Waals surface area contributed by atoms with E-state index in [0.717, 1.165) is 60.5 Å². The third kappa shape index (κ3) is 3.00. The predicted octanol–water partition coefficient (Wildman–Crippen LogP) is 6.02. The molecule has 5 rings (SSSR count). The number of Topliss-reactive ketones (excluding diaryl/α,β-unsaturated/α-hetero) is 2. The Kier molecular flexibility index (Phi) is 4.56. The number of carbonyl (C=O) groups excluding carboxylic acids is 2. The molecule has 4 aliphatic carbocycles. The average Bonchev–Trinajstić information content (AvgIpc) is 2.72. The highest BCUT2D eigenvalue weighted by atomic mass is 16.1. The first-order valence-corrected chi connectivity index (χ1v) is 11.4. The van der Waals surface area contributed by atoms with Crippen molar-refractivity contribution in [3.05, 3.63) is 47.5 Å².